The average molecular weight is 554 g/mol. The highest BCUT2D eigenvalue weighted by Crippen LogP contribution is 2.44. The van der Waals surface area contributed by atoms with Crippen LogP contribution in [-0.2, 0) is 30.2 Å². The zero-order valence-electron chi connectivity index (χ0n) is 23.1. The van der Waals surface area contributed by atoms with E-state index in [0.717, 1.165) is 31.2 Å². The van der Waals surface area contributed by atoms with Crippen molar-refractivity contribution >= 4 is 28.9 Å². The van der Waals surface area contributed by atoms with Gasteiger partial charge in [-0.3, -0.25) is 14.2 Å². The SMILES string of the molecule is CNc1nc(C)nc2c1ncn2[C@@H]1O[C@H](COC(=O)Cc2ccccc2)[C@@H](OC(=O)CC2CCCCC2)[C@@]1(C)F. The minimum atomic E-state index is -2.18. The number of benzene rings is 1. The van der Waals surface area contributed by atoms with Crippen LogP contribution in [0.15, 0.2) is 36.7 Å². The molecule has 0 unspecified atom stereocenters. The van der Waals surface area contributed by atoms with Gasteiger partial charge in [0.15, 0.2) is 35.0 Å². The fourth-order valence-corrected chi connectivity index (χ4v) is 5.71. The molecule has 5 rings (SSSR count). The highest BCUT2D eigenvalue weighted by molar-refractivity contribution is 5.83. The third-order valence-corrected chi connectivity index (χ3v) is 7.74. The molecule has 1 aliphatic heterocycles. The van der Waals surface area contributed by atoms with Crippen LogP contribution < -0.4 is 5.32 Å². The Labute approximate surface area is 232 Å². The van der Waals surface area contributed by atoms with Gasteiger partial charge in [0.1, 0.15) is 18.5 Å². The van der Waals surface area contributed by atoms with Gasteiger partial charge in [-0.2, -0.15) is 0 Å². The summed E-state index contributed by atoms with van der Waals surface area (Å²) < 4.78 is 35.7. The number of imidazole rings is 1. The Kier molecular flexibility index (Phi) is 8.30. The van der Waals surface area contributed by atoms with Crippen molar-refractivity contribution in [1.29, 1.82) is 0 Å². The number of nitrogens with zero attached hydrogens (tertiary/aromatic N) is 4. The highest BCUT2D eigenvalue weighted by atomic mass is 19.1. The lowest BCUT2D eigenvalue weighted by Gasteiger charge is -2.28. The summed E-state index contributed by atoms with van der Waals surface area (Å²) in [7, 11) is 1.72. The Morgan fingerprint density at radius 3 is 2.62 bits per heavy atom. The van der Waals surface area contributed by atoms with E-state index in [1.54, 1.807) is 14.0 Å². The number of rotatable bonds is 9. The number of halogens is 1. The van der Waals surface area contributed by atoms with Crippen LogP contribution in [0, 0.1) is 12.8 Å². The number of alkyl halides is 1. The van der Waals surface area contributed by atoms with Crippen LogP contribution in [0.3, 0.4) is 0 Å². The van der Waals surface area contributed by atoms with E-state index >= 15 is 4.39 Å². The third kappa shape index (κ3) is 5.94. The van der Waals surface area contributed by atoms with Crippen molar-refractivity contribution in [2.75, 3.05) is 19.0 Å². The molecule has 1 saturated heterocycles. The van der Waals surface area contributed by atoms with Gasteiger partial charge in [-0.15, -0.1) is 0 Å². The third-order valence-electron chi connectivity index (χ3n) is 7.74. The Morgan fingerprint density at radius 2 is 1.90 bits per heavy atom. The Balaban J connectivity index is 1.38. The first-order chi connectivity index (χ1) is 19.3. The number of nitrogens with one attached hydrogen (secondary N) is 1. The van der Waals surface area contributed by atoms with Gasteiger partial charge in [0, 0.05) is 13.5 Å². The molecule has 3 aromatic rings. The molecule has 1 N–H and O–H groups in total. The maximum Gasteiger partial charge on any atom is 0.310 e. The van der Waals surface area contributed by atoms with Crippen LogP contribution >= 0.6 is 0 Å². The van der Waals surface area contributed by atoms with Gasteiger partial charge in [-0.25, -0.2) is 19.3 Å². The van der Waals surface area contributed by atoms with Gasteiger partial charge in [-0.1, -0.05) is 49.6 Å². The molecule has 1 aromatic carbocycles. The molecule has 4 atom stereocenters. The summed E-state index contributed by atoms with van der Waals surface area (Å²) in [6.07, 6.45) is 3.40. The van der Waals surface area contributed by atoms with E-state index in [-0.39, 0.29) is 25.4 Å². The fraction of sp³-hybridized carbons (Fsp3) is 0.552. The summed E-state index contributed by atoms with van der Waals surface area (Å²) in [6, 6.07) is 9.19. The molecule has 2 aliphatic rings. The lowest BCUT2D eigenvalue weighted by molar-refractivity contribution is -0.162. The van der Waals surface area contributed by atoms with E-state index in [0.29, 0.717) is 22.8 Å². The van der Waals surface area contributed by atoms with Crippen molar-refractivity contribution in [1.82, 2.24) is 19.5 Å². The predicted octanol–water partition coefficient (Wildman–Crippen LogP) is 4.47. The molecule has 2 fully saturated rings. The maximum absolute atomic E-state index is 16.7. The van der Waals surface area contributed by atoms with Crippen molar-refractivity contribution < 1.29 is 28.2 Å². The summed E-state index contributed by atoms with van der Waals surface area (Å²) in [6.45, 7) is 2.79. The minimum Gasteiger partial charge on any atom is -0.463 e. The number of esters is 2. The van der Waals surface area contributed by atoms with Crippen molar-refractivity contribution in [3.05, 3.63) is 48.0 Å². The second kappa shape index (κ2) is 11.9. The molecule has 0 spiro atoms. The van der Waals surface area contributed by atoms with Crippen LogP contribution in [0.25, 0.3) is 11.2 Å². The zero-order chi connectivity index (χ0) is 28.3. The predicted molar refractivity (Wildman–Crippen MR) is 145 cm³/mol. The first-order valence-electron chi connectivity index (χ1n) is 13.9. The molecule has 1 saturated carbocycles. The number of aromatic nitrogens is 4. The lowest BCUT2D eigenvalue weighted by Crippen LogP contribution is -2.44. The molecule has 3 heterocycles. The summed E-state index contributed by atoms with van der Waals surface area (Å²) >= 11 is 0. The zero-order valence-corrected chi connectivity index (χ0v) is 23.1. The van der Waals surface area contributed by atoms with Crippen LogP contribution in [0.2, 0.25) is 0 Å². The number of ether oxygens (including phenoxy) is 3. The molecule has 0 radical (unpaired) electrons. The van der Waals surface area contributed by atoms with E-state index in [1.165, 1.54) is 24.2 Å². The van der Waals surface area contributed by atoms with Crippen molar-refractivity contribution in [2.24, 2.45) is 5.92 Å². The first kappa shape index (κ1) is 27.9. The monoisotopic (exact) mass is 553 g/mol. The van der Waals surface area contributed by atoms with Crippen molar-refractivity contribution in [3.63, 3.8) is 0 Å². The maximum atomic E-state index is 16.7. The molecule has 1 aliphatic carbocycles. The first-order valence-corrected chi connectivity index (χ1v) is 13.9. The van der Waals surface area contributed by atoms with Crippen LogP contribution in [-0.4, -0.2) is 63.0 Å². The van der Waals surface area contributed by atoms with E-state index in [4.69, 9.17) is 14.2 Å². The minimum absolute atomic E-state index is 0.0607. The molecule has 10 nitrogen and oxygen atoms in total. The Bertz CT molecular complexity index is 1340. The van der Waals surface area contributed by atoms with E-state index in [2.05, 4.69) is 20.3 Å². The largest absolute Gasteiger partial charge is 0.463 e. The van der Waals surface area contributed by atoms with E-state index in [1.807, 2.05) is 30.3 Å². The lowest BCUT2D eigenvalue weighted by atomic mass is 9.87. The number of hydrogen-bond acceptors (Lipinski definition) is 9. The van der Waals surface area contributed by atoms with Gasteiger partial charge >= 0.3 is 11.9 Å². The van der Waals surface area contributed by atoms with Crippen molar-refractivity contribution in [2.45, 2.75) is 82.9 Å². The number of hydrogen-bond donors (Lipinski definition) is 1. The topological polar surface area (TPSA) is 117 Å². The summed E-state index contributed by atoms with van der Waals surface area (Å²) in [5.74, 6) is 0.239. The average Bonchev–Trinajstić information content (AvgIpc) is 3.45. The Hall–Kier alpha value is -3.60. The fourth-order valence-electron chi connectivity index (χ4n) is 5.71. The molecule has 11 heteroatoms. The highest BCUT2D eigenvalue weighted by Gasteiger charge is 2.58. The van der Waals surface area contributed by atoms with Crippen molar-refractivity contribution in [3.8, 4) is 0 Å². The normalized spacial score (nSPS) is 25.1. The number of carbonyl (C=O) groups is 2. The second-order valence-electron chi connectivity index (χ2n) is 10.8. The summed E-state index contributed by atoms with van der Waals surface area (Å²) in [5.41, 5.74) is -0.551. The molecule has 214 valence electrons. The molecular formula is C29H36FN5O5. The molecule has 2 aromatic heterocycles. The standard InChI is InChI=1S/C29H36FN5O5/c1-18-33-26(31-3)24-27(34-18)35(17-32-24)28-29(2,30)25(40-23(37)15-20-12-8-5-9-13-20)21(39-28)16-38-22(36)14-19-10-6-4-7-11-19/h4,6-7,10-11,17,20-21,25,28H,5,8-9,12-16H2,1-3H3,(H,31,33,34)/t21-,25-,28-,29-/m1/s1. The van der Waals surface area contributed by atoms with Gasteiger partial charge in [0.25, 0.3) is 0 Å². The van der Waals surface area contributed by atoms with Gasteiger partial charge < -0.3 is 19.5 Å². The number of anilines is 1. The Morgan fingerprint density at radius 1 is 1.15 bits per heavy atom. The van der Waals surface area contributed by atoms with Gasteiger partial charge in [0.2, 0.25) is 0 Å². The van der Waals surface area contributed by atoms with E-state index < -0.39 is 36.0 Å². The van der Waals surface area contributed by atoms with E-state index in [9.17, 15) is 9.59 Å². The second-order valence-corrected chi connectivity index (χ2v) is 10.8. The molecule has 0 bridgehead atoms. The smallest absolute Gasteiger partial charge is 0.310 e. The number of fused-ring (bicyclic) bond motifs is 1. The quantitative estimate of drug-likeness (QED) is 0.383. The molecular weight excluding hydrogens is 517 g/mol. The number of carbonyl (C=O) groups excluding carboxylic acids is 2. The number of aryl methyl sites for hydroxylation is 1. The van der Waals surface area contributed by atoms with Crippen LogP contribution in [0.5, 0.6) is 0 Å². The molecule has 40 heavy (non-hydrogen) atoms. The molecule has 0 amide bonds. The van der Waals surface area contributed by atoms with Gasteiger partial charge in [0.05, 0.1) is 12.7 Å². The summed E-state index contributed by atoms with van der Waals surface area (Å²) in [5, 5.41) is 2.98. The summed E-state index contributed by atoms with van der Waals surface area (Å²) in [4.78, 5) is 38.8. The van der Waals surface area contributed by atoms with Crippen LogP contribution in [0.1, 0.15) is 63.1 Å². The van der Waals surface area contributed by atoms with Crippen LogP contribution in [0.4, 0.5) is 10.2 Å². The van der Waals surface area contributed by atoms with Gasteiger partial charge in [-0.05, 0) is 38.2 Å².